The molecule has 0 heterocycles. The lowest BCUT2D eigenvalue weighted by Crippen LogP contribution is -1.84. The first-order chi connectivity index (χ1) is 7.77. The van der Waals surface area contributed by atoms with Crippen LogP contribution >= 0.6 is 0 Å². The van der Waals surface area contributed by atoms with Gasteiger partial charge < -0.3 is 0 Å². The molecule has 0 aromatic rings. The van der Waals surface area contributed by atoms with Crippen molar-refractivity contribution in [2.45, 2.75) is 40.5 Å². The van der Waals surface area contributed by atoms with E-state index in [4.69, 9.17) is 0 Å². The van der Waals surface area contributed by atoms with Crippen LogP contribution in [0.25, 0.3) is 0 Å². The molecule has 0 amide bonds. The van der Waals surface area contributed by atoms with Crippen LogP contribution in [0.1, 0.15) is 40.5 Å². The van der Waals surface area contributed by atoms with Gasteiger partial charge in [0.25, 0.3) is 0 Å². The van der Waals surface area contributed by atoms with E-state index in [1.54, 1.807) is 6.20 Å². The second-order valence-electron chi connectivity index (χ2n) is 3.31. The van der Waals surface area contributed by atoms with Gasteiger partial charge in [-0.25, -0.2) is 0 Å². The van der Waals surface area contributed by atoms with Crippen LogP contribution in [0.15, 0.2) is 52.7 Å². The smallest absolute Gasteiger partial charge is 0.0337 e. The van der Waals surface area contributed by atoms with Gasteiger partial charge in [0, 0.05) is 12.4 Å². The van der Waals surface area contributed by atoms with Gasteiger partial charge in [-0.3, -0.25) is 4.99 Å². The first-order valence-corrected chi connectivity index (χ1v) is 6.00. The van der Waals surface area contributed by atoms with Crippen molar-refractivity contribution >= 4 is 6.21 Å². The number of hydrogen-bond acceptors (Lipinski definition) is 1. The number of nitrogens with zero attached hydrogens (tertiary/aromatic N) is 1. The van der Waals surface area contributed by atoms with Gasteiger partial charge in [-0.05, 0) is 36.5 Å². The van der Waals surface area contributed by atoms with Gasteiger partial charge in [-0.1, -0.05) is 45.6 Å². The van der Waals surface area contributed by atoms with E-state index >= 15 is 0 Å². The van der Waals surface area contributed by atoms with Crippen molar-refractivity contribution < 1.29 is 0 Å². The van der Waals surface area contributed by atoms with E-state index in [9.17, 15) is 0 Å². The third-order valence-corrected chi connectivity index (χ3v) is 2.32. The summed E-state index contributed by atoms with van der Waals surface area (Å²) < 4.78 is 0. The van der Waals surface area contributed by atoms with Gasteiger partial charge in [-0.2, -0.15) is 0 Å². The Labute approximate surface area is 100.0 Å². The molecule has 1 heteroatoms. The van der Waals surface area contributed by atoms with Crippen LogP contribution in [0, 0.1) is 0 Å². The third kappa shape index (κ3) is 4.92. The molecule has 0 bridgehead atoms. The van der Waals surface area contributed by atoms with Gasteiger partial charge in [0.2, 0.25) is 0 Å². The van der Waals surface area contributed by atoms with Crippen LogP contribution in [0.5, 0.6) is 0 Å². The Kier molecular flexibility index (Phi) is 8.14. The van der Waals surface area contributed by atoms with Crippen molar-refractivity contribution in [1.29, 1.82) is 0 Å². The van der Waals surface area contributed by atoms with E-state index in [1.807, 2.05) is 20.1 Å². The Bertz CT molecular complexity index is 327. The zero-order chi connectivity index (χ0) is 12.4. The zero-order valence-corrected chi connectivity index (χ0v) is 11.0. The molecule has 0 aliphatic heterocycles. The minimum absolute atomic E-state index is 0.996. The molecule has 16 heavy (non-hydrogen) atoms. The van der Waals surface area contributed by atoms with Crippen molar-refractivity contribution in [2.75, 3.05) is 0 Å². The molecule has 1 aliphatic rings. The van der Waals surface area contributed by atoms with Gasteiger partial charge in [0.05, 0.1) is 0 Å². The normalized spacial score (nSPS) is 15.4. The summed E-state index contributed by atoms with van der Waals surface area (Å²) in [6, 6.07) is 0. The maximum absolute atomic E-state index is 4.03. The lowest BCUT2D eigenvalue weighted by Gasteiger charge is -2.02. The molecule has 0 atom stereocenters. The summed E-state index contributed by atoms with van der Waals surface area (Å²) in [4.78, 5) is 4.03. The summed E-state index contributed by atoms with van der Waals surface area (Å²) in [6.07, 6.45) is 12.1. The fraction of sp³-hybridized carbons (Fsp3) is 0.400. The van der Waals surface area contributed by atoms with Crippen LogP contribution in [0.2, 0.25) is 0 Å². The maximum atomic E-state index is 4.03. The van der Waals surface area contributed by atoms with Crippen LogP contribution in [0.3, 0.4) is 0 Å². The van der Waals surface area contributed by atoms with Crippen LogP contribution in [0.4, 0.5) is 0 Å². The molecule has 0 spiro atoms. The highest BCUT2D eigenvalue weighted by Crippen LogP contribution is 2.19. The molecule has 0 saturated carbocycles. The monoisotopic (exact) mass is 217 g/mol. The molecule has 0 aromatic heterocycles. The second kappa shape index (κ2) is 8.90. The van der Waals surface area contributed by atoms with Crippen molar-refractivity contribution in [1.82, 2.24) is 0 Å². The fourth-order valence-electron chi connectivity index (χ4n) is 1.55. The SMILES string of the molecule is C=CN=CC1=CCC=C(CC)C(C)=C1.CC. The van der Waals surface area contributed by atoms with Gasteiger partial charge >= 0.3 is 0 Å². The van der Waals surface area contributed by atoms with Crippen molar-refractivity contribution in [3.05, 3.63) is 47.7 Å². The summed E-state index contributed by atoms with van der Waals surface area (Å²) >= 11 is 0. The molecule has 1 rings (SSSR count). The molecule has 0 unspecified atom stereocenters. The molecule has 0 radical (unpaired) electrons. The molecular formula is C15H23N. The minimum atomic E-state index is 0.996. The van der Waals surface area contributed by atoms with Crippen LogP contribution < -0.4 is 0 Å². The first kappa shape index (κ1) is 14.6. The summed E-state index contributed by atoms with van der Waals surface area (Å²) in [6.45, 7) is 11.9. The van der Waals surface area contributed by atoms with Gasteiger partial charge in [0.1, 0.15) is 0 Å². The summed E-state index contributed by atoms with van der Waals surface area (Å²) in [5.74, 6) is 0. The highest BCUT2D eigenvalue weighted by Gasteiger charge is 2.01. The average Bonchev–Trinajstić information content (AvgIpc) is 2.50. The van der Waals surface area contributed by atoms with Crippen molar-refractivity contribution in [2.24, 2.45) is 4.99 Å². The quantitative estimate of drug-likeness (QED) is 0.600. The Balaban J connectivity index is 0.00000106. The zero-order valence-electron chi connectivity index (χ0n) is 11.0. The van der Waals surface area contributed by atoms with Crippen molar-refractivity contribution in [3.8, 4) is 0 Å². The number of allylic oxidation sites excluding steroid dienone is 6. The summed E-state index contributed by atoms with van der Waals surface area (Å²) in [5, 5.41) is 0. The highest BCUT2D eigenvalue weighted by atomic mass is 14.7. The van der Waals surface area contributed by atoms with Crippen molar-refractivity contribution in [3.63, 3.8) is 0 Å². The van der Waals surface area contributed by atoms with Crippen LogP contribution in [-0.4, -0.2) is 6.21 Å². The molecular weight excluding hydrogens is 194 g/mol. The van der Waals surface area contributed by atoms with E-state index in [0.29, 0.717) is 0 Å². The molecule has 1 aliphatic carbocycles. The average molecular weight is 217 g/mol. The predicted octanol–water partition coefficient (Wildman–Crippen LogP) is 4.84. The maximum Gasteiger partial charge on any atom is 0.0337 e. The van der Waals surface area contributed by atoms with E-state index in [0.717, 1.165) is 12.8 Å². The molecule has 0 aromatic carbocycles. The second-order valence-corrected chi connectivity index (χ2v) is 3.31. The Morgan fingerprint density at radius 3 is 2.62 bits per heavy atom. The van der Waals surface area contributed by atoms with Gasteiger partial charge in [0.15, 0.2) is 0 Å². The van der Waals surface area contributed by atoms with Crippen LogP contribution in [-0.2, 0) is 0 Å². The van der Waals surface area contributed by atoms with Gasteiger partial charge in [-0.15, -0.1) is 0 Å². The standard InChI is InChI=1S/C13H17N.C2H6/c1-4-13-8-6-7-12(9-11(13)3)10-14-5-2;1-2/h5,7-10H,2,4,6H2,1,3H3;1-2H3. The first-order valence-electron chi connectivity index (χ1n) is 6.00. The summed E-state index contributed by atoms with van der Waals surface area (Å²) in [7, 11) is 0. The molecule has 1 nitrogen and oxygen atoms in total. The third-order valence-electron chi connectivity index (χ3n) is 2.32. The minimum Gasteiger partial charge on any atom is -0.265 e. The Morgan fingerprint density at radius 1 is 1.38 bits per heavy atom. The topological polar surface area (TPSA) is 12.4 Å². The Hall–Kier alpha value is -1.37. The highest BCUT2D eigenvalue weighted by molar-refractivity contribution is 5.83. The lowest BCUT2D eigenvalue weighted by molar-refractivity contribution is 1.09. The number of aliphatic imine (C=N–C) groups is 1. The summed E-state index contributed by atoms with van der Waals surface area (Å²) in [5.41, 5.74) is 3.94. The number of hydrogen-bond donors (Lipinski definition) is 0. The molecule has 0 saturated heterocycles. The van der Waals surface area contributed by atoms with E-state index in [-0.39, 0.29) is 0 Å². The van der Waals surface area contributed by atoms with E-state index in [1.165, 1.54) is 16.7 Å². The molecule has 88 valence electrons. The largest absolute Gasteiger partial charge is 0.265 e. The fourth-order valence-corrected chi connectivity index (χ4v) is 1.55. The Morgan fingerprint density at radius 2 is 2.06 bits per heavy atom. The molecule has 0 N–H and O–H groups in total. The lowest BCUT2D eigenvalue weighted by atomic mass is 10.0. The van der Waals surface area contributed by atoms with E-state index in [2.05, 4.69) is 43.6 Å². The predicted molar refractivity (Wildman–Crippen MR) is 74.9 cm³/mol. The molecule has 0 fully saturated rings. The number of rotatable bonds is 3. The van der Waals surface area contributed by atoms with E-state index < -0.39 is 0 Å².